The number of amidine groups is 1. The Balaban J connectivity index is 1.52. The van der Waals surface area contributed by atoms with Gasteiger partial charge in [-0.2, -0.15) is 5.10 Å². The summed E-state index contributed by atoms with van der Waals surface area (Å²) in [5, 5.41) is 24.0. The number of aromatic nitrogens is 3. The number of pyridine rings is 1. The molecule has 32 heavy (non-hydrogen) atoms. The van der Waals surface area contributed by atoms with Crippen molar-refractivity contribution in [1.82, 2.24) is 25.8 Å². The number of nitrogens with zero attached hydrogens (tertiary/aromatic N) is 3. The van der Waals surface area contributed by atoms with Gasteiger partial charge in [0.25, 0.3) is 0 Å². The van der Waals surface area contributed by atoms with Crippen molar-refractivity contribution in [3.05, 3.63) is 59.8 Å². The molecular weight excluding hydrogens is 408 g/mol. The number of fused-ring (bicyclic) bond motifs is 2. The molecule has 1 aromatic carbocycles. The van der Waals surface area contributed by atoms with Crippen molar-refractivity contribution in [3.63, 3.8) is 0 Å². The summed E-state index contributed by atoms with van der Waals surface area (Å²) in [7, 11) is 3.16. The zero-order valence-electron chi connectivity index (χ0n) is 17.8. The van der Waals surface area contributed by atoms with Crippen molar-refractivity contribution in [2.75, 3.05) is 14.2 Å². The number of rotatable bonds is 4. The highest BCUT2D eigenvalue weighted by Gasteiger charge is 2.46. The molecule has 4 N–H and O–H groups in total. The van der Waals surface area contributed by atoms with Crippen molar-refractivity contribution < 1.29 is 14.6 Å². The van der Waals surface area contributed by atoms with Gasteiger partial charge in [0, 0.05) is 29.6 Å². The van der Waals surface area contributed by atoms with E-state index < -0.39 is 5.54 Å². The Kier molecular flexibility index (Phi) is 4.47. The molecule has 2 unspecified atom stereocenters. The first-order chi connectivity index (χ1) is 15.4. The van der Waals surface area contributed by atoms with Gasteiger partial charge >= 0.3 is 0 Å². The number of ether oxygens (including phenoxy) is 1. The fraction of sp³-hybridized carbons (Fsp3) is 0.217. The molecular formula is C23H22N6O3. The Morgan fingerprint density at radius 3 is 2.91 bits per heavy atom. The summed E-state index contributed by atoms with van der Waals surface area (Å²) in [6, 6.07) is 8.45. The number of benzene rings is 1. The van der Waals surface area contributed by atoms with Crippen LogP contribution in [0.25, 0.3) is 22.3 Å². The zero-order valence-corrected chi connectivity index (χ0v) is 17.8. The Morgan fingerprint density at radius 2 is 2.12 bits per heavy atom. The van der Waals surface area contributed by atoms with E-state index in [1.807, 2.05) is 37.3 Å². The normalized spacial score (nSPS) is 21.5. The lowest BCUT2D eigenvalue weighted by molar-refractivity contribution is -0.117. The maximum Gasteiger partial charge on any atom is 0.249 e. The van der Waals surface area contributed by atoms with Gasteiger partial charge in [-0.3, -0.25) is 14.9 Å². The van der Waals surface area contributed by atoms with Gasteiger partial charge in [0.1, 0.15) is 23.0 Å². The molecule has 9 heteroatoms. The molecule has 9 nitrogen and oxygen atoms in total. The molecule has 0 radical (unpaired) electrons. The molecule has 3 aromatic rings. The first kappa shape index (κ1) is 19.8. The maximum absolute atomic E-state index is 12.4. The summed E-state index contributed by atoms with van der Waals surface area (Å²) >= 11 is 0. The van der Waals surface area contributed by atoms with Crippen LogP contribution in [0.4, 0.5) is 0 Å². The molecule has 5 rings (SSSR count). The van der Waals surface area contributed by atoms with Crippen molar-refractivity contribution in [2.24, 2.45) is 4.99 Å². The fourth-order valence-electron chi connectivity index (χ4n) is 4.21. The van der Waals surface area contributed by atoms with Crippen LogP contribution >= 0.6 is 0 Å². The molecule has 0 saturated heterocycles. The van der Waals surface area contributed by atoms with Gasteiger partial charge in [-0.15, -0.1) is 0 Å². The summed E-state index contributed by atoms with van der Waals surface area (Å²) < 4.78 is 5.38. The highest BCUT2D eigenvalue weighted by atomic mass is 16.5. The number of phenols is 1. The van der Waals surface area contributed by atoms with Crippen LogP contribution in [0.15, 0.2) is 59.1 Å². The second-order valence-corrected chi connectivity index (χ2v) is 7.85. The molecule has 0 fully saturated rings. The third kappa shape index (κ3) is 2.93. The molecule has 0 saturated carbocycles. The number of carbonyl (C=O) groups is 1. The van der Waals surface area contributed by atoms with Crippen LogP contribution in [0.2, 0.25) is 0 Å². The Hall–Kier alpha value is -4.14. The van der Waals surface area contributed by atoms with Gasteiger partial charge in [-0.05, 0) is 31.2 Å². The zero-order chi connectivity index (χ0) is 22.5. The monoisotopic (exact) mass is 430 g/mol. The molecule has 1 amide bonds. The Labute approximate surface area is 183 Å². The van der Waals surface area contributed by atoms with Gasteiger partial charge in [0.05, 0.1) is 24.4 Å². The number of hydrogen-bond donors (Lipinski definition) is 4. The van der Waals surface area contributed by atoms with Crippen LogP contribution in [-0.2, 0) is 4.79 Å². The number of carbonyl (C=O) groups excluding carboxylic acids is 1. The summed E-state index contributed by atoms with van der Waals surface area (Å²) in [5.74, 6) is 1.12. The van der Waals surface area contributed by atoms with E-state index in [4.69, 9.17) is 9.73 Å². The average Bonchev–Trinajstić information content (AvgIpc) is 3.38. The standard InChI is InChI=1S/C23H22N6O3/c1-23-15(22(31)24-2)5-4-6-18(23)26-21(27-23)19-14-9-10-16(25-20(14)29-28-19)13-8-7-12(30)11-17(13)32-3/h4-11,18,30H,1-3H3,(H,24,31)(H,26,27)(H,25,28,29). The van der Waals surface area contributed by atoms with Gasteiger partial charge in [-0.25, -0.2) is 4.98 Å². The number of aromatic amines is 1. The number of aliphatic imine (C=N–C) groups is 1. The van der Waals surface area contributed by atoms with Crippen molar-refractivity contribution >= 4 is 22.8 Å². The highest BCUT2D eigenvalue weighted by molar-refractivity contribution is 6.10. The number of H-pyrrole nitrogens is 1. The minimum Gasteiger partial charge on any atom is -0.508 e. The molecule has 1 aliphatic carbocycles. The minimum absolute atomic E-state index is 0.119. The number of allylic oxidation sites excluding steroid dienone is 2. The smallest absolute Gasteiger partial charge is 0.249 e. The van der Waals surface area contributed by atoms with Gasteiger partial charge in [0.2, 0.25) is 5.91 Å². The summed E-state index contributed by atoms with van der Waals surface area (Å²) in [5.41, 5.74) is 2.61. The van der Waals surface area contributed by atoms with Crippen LogP contribution < -0.4 is 15.4 Å². The number of aromatic hydroxyl groups is 1. The van der Waals surface area contributed by atoms with E-state index in [1.54, 1.807) is 32.4 Å². The average molecular weight is 430 g/mol. The summed E-state index contributed by atoms with van der Waals surface area (Å²) in [4.78, 5) is 21.9. The topological polar surface area (TPSA) is 125 Å². The van der Waals surface area contributed by atoms with E-state index in [0.717, 1.165) is 10.9 Å². The van der Waals surface area contributed by atoms with Crippen molar-refractivity contribution in [3.8, 4) is 22.8 Å². The Morgan fingerprint density at radius 1 is 1.28 bits per heavy atom. The first-order valence-electron chi connectivity index (χ1n) is 10.1. The number of methoxy groups -OCH3 is 1. The molecule has 2 aliphatic rings. The molecule has 0 spiro atoms. The third-order valence-corrected chi connectivity index (χ3v) is 5.94. The van der Waals surface area contributed by atoms with Crippen molar-refractivity contribution in [1.29, 1.82) is 0 Å². The number of amides is 1. The molecule has 0 bridgehead atoms. The molecule has 162 valence electrons. The quantitative estimate of drug-likeness (QED) is 0.502. The lowest BCUT2D eigenvalue weighted by Gasteiger charge is -2.33. The number of likely N-dealkylation sites (N-methyl/N-ethyl adjacent to an activating group) is 1. The second-order valence-electron chi connectivity index (χ2n) is 7.85. The van der Waals surface area contributed by atoms with E-state index in [-0.39, 0.29) is 17.7 Å². The largest absolute Gasteiger partial charge is 0.508 e. The van der Waals surface area contributed by atoms with E-state index in [0.29, 0.717) is 34.2 Å². The lowest BCUT2D eigenvalue weighted by Crippen LogP contribution is -2.53. The van der Waals surface area contributed by atoms with E-state index >= 15 is 0 Å². The maximum atomic E-state index is 12.4. The van der Waals surface area contributed by atoms with E-state index in [1.165, 1.54) is 0 Å². The van der Waals surface area contributed by atoms with Crippen LogP contribution in [-0.4, -0.2) is 57.8 Å². The molecule has 1 aliphatic heterocycles. The van der Waals surface area contributed by atoms with Crippen LogP contribution in [0.1, 0.15) is 12.6 Å². The van der Waals surface area contributed by atoms with Crippen LogP contribution in [0, 0.1) is 0 Å². The number of nitrogens with one attached hydrogen (secondary N) is 3. The second kappa shape index (κ2) is 7.23. The minimum atomic E-state index is -0.658. The highest BCUT2D eigenvalue weighted by Crippen LogP contribution is 2.35. The van der Waals surface area contributed by atoms with Gasteiger partial charge < -0.3 is 20.5 Å². The predicted octanol–water partition coefficient (Wildman–Crippen LogP) is 2.06. The molecule has 2 atom stereocenters. The van der Waals surface area contributed by atoms with Crippen LogP contribution in [0.3, 0.4) is 0 Å². The van der Waals surface area contributed by atoms with Gasteiger partial charge in [-0.1, -0.05) is 18.2 Å². The SMILES string of the molecule is CNC(=O)C1=CC=CC2N=C(c3[nH]nc4nc(-c5ccc(O)cc5OC)ccc34)NC12C. The predicted molar refractivity (Wildman–Crippen MR) is 121 cm³/mol. The van der Waals surface area contributed by atoms with Gasteiger partial charge in [0.15, 0.2) is 5.65 Å². The van der Waals surface area contributed by atoms with Crippen molar-refractivity contribution in [2.45, 2.75) is 18.5 Å². The lowest BCUT2D eigenvalue weighted by atomic mass is 9.81. The fourth-order valence-corrected chi connectivity index (χ4v) is 4.21. The van der Waals surface area contributed by atoms with E-state index in [2.05, 4.69) is 25.8 Å². The van der Waals surface area contributed by atoms with E-state index in [9.17, 15) is 9.90 Å². The first-order valence-corrected chi connectivity index (χ1v) is 10.1. The third-order valence-electron chi connectivity index (χ3n) is 5.94. The number of hydrogen-bond acceptors (Lipinski definition) is 7. The molecule has 3 heterocycles. The van der Waals surface area contributed by atoms with Crippen LogP contribution in [0.5, 0.6) is 11.5 Å². The Bertz CT molecular complexity index is 1340. The number of phenolic OH excluding ortho intramolecular Hbond substituents is 1. The summed E-state index contributed by atoms with van der Waals surface area (Å²) in [6.45, 7) is 1.96. The molecule has 2 aromatic heterocycles. The summed E-state index contributed by atoms with van der Waals surface area (Å²) in [6.07, 6.45) is 5.64.